The molecule has 0 radical (unpaired) electrons. The highest BCUT2D eigenvalue weighted by atomic mass is 79.9. The zero-order valence-corrected chi connectivity index (χ0v) is 17.1. The van der Waals surface area contributed by atoms with E-state index in [-0.39, 0.29) is 6.61 Å². The Morgan fingerprint density at radius 1 is 1.11 bits per heavy atom. The second-order valence-corrected chi connectivity index (χ2v) is 6.53. The number of nitriles is 1. The lowest BCUT2D eigenvalue weighted by molar-refractivity contribution is -0.123. The lowest BCUT2D eigenvalue weighted by atomic mass is 10.1. The van der Waals surface area contributed by atoms with Gasteiger partial charge in [-0.05, 0) is 53.0 Å². The van der Waals surface area contributed by atoms with Crippen LogP contribution in [0.2, 0.25) is 0 Å². The van der Waals surface area contributed by atoms with Crippen LogP contribution >= 0.6 is 15.9 Å². The molecular formula is C20H20BrN3O4. The number of carbonyl (C=O) groups excluding carboxylic acids is 2. The van der Waals surface area contributed by atoms with Gasteiger partial charge in [0.2, 0.25) is 0 Å². The molecule has 0 heterocycles. The summed E-state index contributed by atoms with van der Waals surface area (Å²) >= 11 is 3.31. The highest BCUT2D eigenvalue weighted by Gasteiger charge is 2.14. The van der Waals surface area contributed by atoms with Crippen molar-refractivity contribution in [2.75, 3.05) is 13.2 Å². The van der Waals surface area contributed by atoms with Crippen LogP contribution < -0.4 is 20.3 Å². The minimum Gasteiger partial charge on any atom is -0.490 e. The zero-order valence-electron chi connectivity index (χ0n) is 15.5. The van der Waals surface area contributed by atoms with Gasteiger partial charge in [-0.2, -0.15) is 5.26 Å². The summed E-state index contributed by atoms with van der Waals surface area (Å²) in [6, 6.07) is 12.2. The second kappa shape index (κ2) is 10.3. The molecular weight excluding hydrogens is 426 g/mol. The molecule has 0 atom stereocenters. The van der Waals surface area contributed by atoms with Crippen molar-refractivity contribution >= 4 is 27.7 Å². The molecule has 0 aliphatic heterocycles. The highest BCUT2D eigenvalue weighted by molar-refractivity contribution is 9.10. The van der Waals surface area contributed by atoms with Crippen molar-refractivity contribution in [2.24, 2.45) is 0 Å². The molecule has 0 aromatic heterocycles. The van der Waals surface area contributed by atoms with Gasteiger partial charge < -0.3 is 9.47 Å². The van der Waals surface area contributed by atoms with Crippen LogP contribution in [0.15, 0.2) is 40.9 Å². The van der Waals surface area contributed by atoms with Crippen molar-refractivity contribution in [1.29, 1.82) is 5.26 Å². The normalized spacial score (nSPS) is 9.93. The molecule has 0 saturated heterocycles. The molecule has 0 aliphatic rings. The molecule has 146 valence electrons. The summed E-state index contributed by atoms with van der Waals surface area (Å²) in [6.45, 7) is 3.85. The molecule has 2 N–H and O–H groups in total. The summed E-state index contributed by atoms with van der Waals surface area (Å²) in [5, 5.41) is 9.04. The van der Waals surface area contributed by atoms with Crippen LogP contribution in [0.25, 0.3) is 0 Å². The molecule has 0 fully saturated rings. The first-order valence-electron chi connectivity index (χ1n) is 8.65. The smallest absolute Gasteiger partial charge is 0.276 e. The van der Waals surface area contributed by atoms with Gasteiger partial charge in [0.15, 0.2) is 18.1 Å². The third-order valence-electron chi connectivity index (χ3n) is 3.73. The number of hydrogen-bond acceptors (Lipinski definition) is 5. The summed E-state index contributed by atoms with van der Waals surface area (Å²) in [5.74, 6) is -0.318. The Labute approximate surface area is 171 Å². The number of hydrazine groups is 1. The van der Waals surface area contributed by atoms with Crippen molar-refractivity contribution in [3.05, 3.63) is 57.6 Å². The van der Waals surface area contributed by atoms with Crippen molar-refractivity contribution in [1.82, 2.24) is 10.9 Å². The third kappa shape index (κ3) is 5.72. The minimum absolute atomic E-state index is 0.303. The predicted molar refractivity (Wildman–Crippen MR) is 107 cm³/mol. The van der Waals surface area contributed by atoms with E-state index in [1.54, 1.807) is 25.1 Å². The molecule has 2 aromatic carbocycles. The van der Waals surface area contributed by atoms with Crippen molar-refractivity contribution in [3.8, 4) is 17.6 Å². The van der Waals surface area contributed by atoms with E-state index < -0.39 is 11.8 Å². The van der Waals surface area contributed by atoms with Crippen molar-refractivity contribution in [3.63, 3.8) is 0 Å². The average molecular weight is 446 g/mol. The fraction of sp³-hybridized carbons (Fsp3) is 0.250. The monoisotopic (exact) mass is 445 g/mol. The molecule has 2 rings (SSSR count). The zero-order chi connectivity index (χ0) is 20.5. The topological polar surface area (TPSA) is 100 Å². The summed E-state index contributed by atoms with van der Waals surface area (Å²) in [6.07, 6.45) is 0.880. The predicted octanol–water partition coefficient (Wildman–Crippen LogP) is 3.12. The molecule has 7 nitrogen and oxygen atoms in total. The van der Waals surface area contributed by atoms with E-state index in [1.165, 1.54) is 6.07 Å². The summed E-state index contributed by atoms with van der Waals surface area (Å²) in [5.41, 5.74) is 6.59. The first-order chi connectivity index (χ1) is 13.5. The number of aryl methyl sites for hydroxylation is 1. The maximum Gasteiger partial charge on any atom is 0.276 e. The average Bonchev–Trinajstić information content (AvgIpc) is 2.71. The largest absolute Gasteiger partial charge is 0.490 e. The Bertz CT molecular complexity index is 892. The molecule has 0 bridgehead atoms. The van der Waals surface area contributed by atoms with Crippen LogP contribution in [-0.2, 0) is 11.2 Å². The Hall–Kier alpha value is -3.05. The van der Waals surface area contributed by atoms with E-state index in [2.05, 4.69) is 26.8 Å². The Morgan fingerprint density at radius 3 is 2.43 bits per heavy atom. The molecule has 0 aliphatic carbocycles. The van der Waals surface area contributed by atoms with E-state index in [1.807, 2.05) is 25.1 Å². The van der Waals surface area contributed by atoms with Gasteiger partial charge in [-0.1, -0.05) is 19.1 Å². The molecule has 0 spiro atoms. The minimum atomic E-state index is -0.544. The van der Waals surface area contributed by atoms with Crippen LogP contribution in [0.5, 0.6) is 11.5 Å². The fourth-order valence-electron chi connectivity index (χ4n) is 2.30. The van der Waals surface area contributed by atoms with Gasteiger partial charge in [0, 0.05) is 11.6 Å². The van der Waals surface area contributed by atoms with Gasteiger partial charge in [-0.3, -0.25) is 20.4 Å². The number of nitrogens with zero attached hydrogens (tertiary/aromatic N) is 1. The van der Waals surface area contributed by atoms with Crippen LogP contribution in [0.4, 0.5) is 0 Å². The Kier molecular flexibility index (Phi) is 7.84. The Morgan fingerprint density at radius 2 is 1.82 bits per heavy atom. The summed E-state index contributed by atoms with van der Waals surface area (Å²) in [7, 11) is 0. The third-order valence-corrected chi connectivity index (χ3v) is 4.31. The first kappa shape index (κ1) is 21.3. The maximum absolute atomic E-state index is 12.1. The number of carbonyl (C=O) groups is 2. The quantitative estimate of drug-likeness (QED) is 0.637. The highest BCUT2D eigenvalue weighted by Crippen LogP contribution is 2.36. The van der Waals surface area contributed by atoms with Gasteiger partial charge in [0.25, 0.3) is 11.8 Å². The molecule has 28 heavy (non-hydrogen) atoms. The number of nitrogens with one attached hydrogen (secondary N) is 2. The number of amides is 2. The van der Waals surface area contributed by atoms with Gasteiger partial charge in [-0.25, -0.2) is 0 Å². The standard InChI is InChI=1S/C20H20BrN3O4/c1-3-13-5-7-15(8-6-13)20(26)24-23-18(25)12-28-19-16(21)9-14(11-22)10-17(19)27-4-2/h5-10H,3-4,12H2,1-2H3,(H,23,25)(H,24,26). The van der Waals surface area contributed by atoms with E-state index in [0.29, 0.717) is 33.7 Å². The van der Waals surface area contributed by atoms with E-state index in [0.717, 1.165) is 12.0 Å². The summed E-state index contributed by atoms with van der Waals surface area (Å²) < 4.78 is 11.5. The van der Waals surface area contributed by atoms with E-state index in [4.69, 9.17) is 14.7 Å². The number of rotatable bonds is 7. The Balaban J connectivity index is 1.93. The van der Waals surface area contributed by atoms with Crippen LogP contribution in [0, 0.1) is 11.3 Å². The molecule has 8 heteroatoms. The SMILES string of the molecule is CCOc1cc(C#N)cc(Br)c1OCC(=O)NNC(=O)c1ccc(CC)cc1. The second-order valence-electron chi connectivity index (χ2n) is 5.67. The number of ether oxygens (including phenoxy) is 2. The van der Waals surface area contributed by atoms with Gasteiger partial charge >= 0.3 is 0 Å². The van der Waals surface area contributed by atoms with Crippen LogP contribution in [0.3, 0.4) is 0 Å². The van der Waals surface area contributed by atoms with Crippen molar-refractivity contribution in [2.45, 2.75) is 20.3 Å². The molecule has 2 amide bonds. The number of halogens is 1. The van der Waals surface area contributed by atoms with Gasteiger partial charge in [0.1, 0.15) is 0 Å². The summed E-state index contributed by atoms with van der Waals surface area (Å²) in [4.78, 5) is 24.1. The van der Waals surface area contributed by atoms with E-state index in [9.17, 15) is 9.59 Å². The maximum atomic E-state index is 12.1. The fourth-order valence-corrected chi connectivity index (χ4v) is 2.86. The van der Waals surface area contributed by atoms with Crippen LogP contribution in [-0.4, -0.2) is 25.0 Å². The number of hydrogen-bond donors (Lipinski definition) is 2. The van der Waals surface area contributed by atoms with Gasteiger partial charge in [-0.15, -0.1) is 0 Å². The lowest BCUT2D eigenvalue weighted by Gasteiger charge is -2.14. The van der Waals surface area contributed by atoms with E-state index >= 15 is 0 Å². The molecule has 0 unspecified atom stereocenters. The lowest BCUT2D eigenvalue weighted by Crippen LogP contribution is -2.43. The van der Waals surface area contributed by atoms with Crippen LogP contribution in [0.1, 0.15) is 35.3 Å². The molecule has 2 aromatic rings. The first-order valence-corrected chi connectivity index (χ1v) is 9.45. The molecule has 0 saturated carbocycles. The van der Waals surface area contributed by atoms with Gasteiger partial charge in [0.05, 0.1) is 22.7 Å². The number of benzene rings is 2. The van der Waals surface area contributed by atoms with Crippen molar-refractivity contribution < 1.29 is 19.1 Å².